The molecule has 4 heterocycles. The molecule has 150 valence electrons. The second-order valence-electron chi connectivity index (χ2n) is 7.09. The van der Waals surface area contributed by atoms with Crippen molar-refractivity contribution < 1.29 is 9.84 Å². The molecule has 2 atom stereocenters. The first kappa shape index (κ1) is 20.6. The molecule has 0 radical (unpaired) electrons. The van der Waals surface area contributed by atoms with Gasteiger partial charge in [-0.2, -0.15) is 0 Å². The van der Waals surface area contributed by atoms with Crippen LogP contribution in [0.2, 0.25) is 5.02 Å². The van der Waals surface area contributed by atoms with Gasteiger partial charge in [-0.1, -0.05) is 25.4 Å². The summed E-state index contributed by atoms with van der Waals surface area (Å²) in [5.41, 5.74) is 9.58. The molecule has 0 amide bonds. The summed E-state index contributed by atoms with van der Waals surface area (Å²) in [6.07, 6.45) is 8.45. The van der Waals surface area contributed by atoms with Crippen LogP contribution >= 0.6 is 11.6 Å². The van der Waals surface area contributed by atoms with Crippen LogP contribution in [0.4, 0.5) is 5.82 Å². The number of nitrogen functional groups attached to an aromatic ring is 1. The quantitative estimate of drug-likeness (QED) is 0.682. The predicted octanol–water partition coefficient (Wildman–Crippen LogP) is 4.30. The third kappa shape index (κ3) is 4.82. The summed E-state index contributed by atoms with van der Waals surface area (Å²) in [4.78, 5) is 8.78. The number of hydrogen-bond donors (Lipinski definition) is 2. The van der Waals surface area contributed by atoms with Crippen LogP contribution in [-0.2, 0) is 4.74 Å². The lowest BCUT2D eigenvalue weighted by Gasteiger charge is -2.15. The Labute approximate surface area is 170 Å². The van der Waals surface area contributed by atoms with Crippen molar-refractivity contribution in [3.63, 3.8) is 0 Å². The number of halogens is 1. The molecule has 0 aliphatic carbocycles. The molecule has 28 heavy (non-hydrogen) atoms. The number of ether oxygens (including phenoxy) is 1. The number of nitrogens with two attached hydrogens (primary N) is 1. The maximum atomic E-state index is 8.78. The predicted molar refractivity (Wildman–Crippen MR) is 113 cm³/mol. The highest BCUT2D eigenvalue weighted by Crippen LogP contribution is 2.32. The van der Waals surface area contributed by atoms with Gasteiger partial charge in [-0.15, -0.1) is 0 Å². The molecule has 3 aromatic heterocycles. The molecule has 0 saturated carbocycles. The van der Waals surface area contributed by atoms with Crippen LogP contribution in [0.15, 0.2) is 36.8 Å². The fraction of sp³-hybridized carbons (Fsp3) is 0.429. The fourth-order valence-electron chi connectivity index (χ4n) is 3.07. The number of aliphatic hydroxyl groups excluding tert-OH is 1. The molecule has 1 saturated heterocycles. The van der Waals surface area contributed by atoms with E-state index in [1.54, 1.807) is 12.3 Å². The van der Waals surface area contributed by atoms with Crippen molar-refractivity contribution in [2.45, 2.75) is 45.1 Å². The van der Waals surface area contributed by atoms with E-state index in [0.717, 1.165) is 48.3 Å². The van der Waals surface area contributed by atoms with Crippen LogP contribution < -0.4 is 5.73 Å². The van der Waals surface area contributed by atoms with E-state index in [1.165, 1.54) is 0 Å². The Bertz CT molecular complexity index is 922. The number of anilines is 1. The lowest BCUT2D eigenvalue weighted by molar-refractivity contribution is -0.00535. The molecule has 1 aliphatic rings. The minimum atomic E-state index is -0.186. The molecule has 0 aromatic carbocycles. The van der Waals surface area contributed by atoms with E-state index in [4.69, 9.17) is 32.2 Å². The van der Waals surface area contributed by atoms with Gasteiger partial charge in [-0.25, -0.2) is 9.97 Å². The fourth-order valence-corrected chi connectivity index (χ4v) is 3.28. The van der Waals surface area contributed by atoms with Gasteiger partial charge in [-0.05, 0) is 43.4 Å². The van der Waals surface area contributed by atoms with E-state index >= 15 is 0 Å². The summed E-state index contributed by atoms with van der Waals surface area (Å²) in [6.45, 7) is 5.71. The summed E-state index contributed by atoms with van der Waals surface area (Å²) in [6, 6.07) is 5.77. The lowest BCUT2D eigenvalue weighted by Crippen LogP contribution is -2.21. The van der Waals surface area contributed by atoms with Gasteiger partial charge in [0.2, 0.25) is 0 Å². The Hall–Kier alpha value is -2.15. The van der Waals surface area contributed by atoms with Crippen LogP contribution in [0.1, 0.15) is 44.7 Å². The molecule has 1 aliphatic heterocycles. The first-order valence-corrected chi connectivity index (χ1v) is 10.0. The van der Waals surface area contributed by atoms with Crippen molar-refractivity contribution in [1.29, 1.82) is 0 Å². The van der Waals surface area contributed by atoms with Crippen molar-refractivity contribution in [3.05, 3.63) is 47.5 Å². The number of fused-ring (bicyclic) bond motifs is 1. The number of aromatic nitrogens is 3. The van der Waals surface area contributed by atoms with Gasteiger partial charge in [0.15, 0.2) is 0 Å². The zero-order valence-electron chi connectivity index (χ0n) is 16.3. The van der Waals surface area contributed by atoms with E-state index < -0.39 is 0 Å². The SMILES string of the molecule is CCC(C)c1cn2cccc(-c3cc(N)ncc3Cl)c2n1.OC1CCCOC1. The largest absolute Gasteiger partial charge is 0.391 e. The Kier molecular flexibility index (Phi) is 6.88. The normalized spacial score (nSPS) is 17.8. The topological polar surface area (TPSA) is 85.7 Å². The monoisotopic (exact) mass is 402 g/mol. The smallest absolute Gasteiger partial charge is 0.144 e. The zero-order chi connectivity index (χ0) is 20.1. The molecule has 4 rings (SSSR count). The van der Waals surface area contributed by atoms with Crippen molar-refractivity contribution in [2.75, 3.05) is 18.9 Å². The van der Waals surface area contributed by atoms with Crippen molar-refractivity contribution >= 4 is 23.1 Å². The third-order valence-corrected chi connectivity index (χ3v) is 5.22. The van der Waals surface area contributed by atoms with Gasteiger partial charge in [0.05, 0.1) is 23.4 Å². The maximum Gasteiger partial charge on any atom is 0.144 e. The van der Waals surface area contributed by atoms with Crippen LogP contribution in [-0.4, -0.2) is 38.8 Å². The van der Waals surface area contributed by atoms with Crippen molar-refractivity contribution in [3.8, 4) is 11.1 Å². The molecular weight excluding hydrogens is 376 g/mol. The number of imidazole rings is 1. The van der Waals surface area contributed by atoms with Gasteiger partial charge >= 0.3 is 0 Å². The Balaban J connectivity index is 0.000000271. The number of hydrogen-bond acceptors (Lipinski definition) is 5. The second-order valence-corrected chi connectivity index (χ2v) is 7.49. The van der Waals surface area contributed by atoms with E-state index in [1.807, 2.05) is 22.7 Å². The first-order valence-electron chi connectivity index (χ1n) is 9.64. The Morgan fingerprint density at radius 1 is 1.43 bits per heavy atom. The number of pyridine rings is 2. The average Bonchev–Trinajstić information content (AvgIpc) is 3.15. The number of aliphatic hydroxyl groups is 1. The third-order valence-electron chi connectivity index (χ3n) is 4.92. The summed E-state index contributed by atoms with van der Waals surface area (Å²) >= 11 is 6.27. The van der Waals surface area contributed by atoms with Crippen molar-refractivity contribution in [1.82, 2.24) is 14.4 Å². The highest BCUT2D eigenvalue weighted by atomic mass is 35.5. The summed E-state index contributed by atoms with van der Waals surface area (Å²) < 4.78 is 6.96. The van der Waals surface area contributed by atoms with Gasteiger partial charge in [-0.3, -0.25) is 0 Å². The summed E-state index contributed by atoms with van der Waals surface area (Å²) in [5, 5.41) is 9.36. The van der Waals surface area contributed by atoms with E-state index in [-0.39, 0.29) is 6.10 Å². The van der Waals surface area contributed by atoms with Crippen molar-refractivity contribution in [2.24, 2.45) is 0 Å². The molecular formula is C21H27ClN4O2. The molecule has 3 aromatic rings. The minimum Gasteiger partial charge on any atom is -0.391 e. The van der Waals surface area contributed by atoms with Crippen LogP contribution in [0.5, 0.6) is 0 Å². The first-order chi connectivity index (χ1) is 13.5. The summed E-state index contributed by atoms with van der Waals surface area (Å²) in [7, 11) is 0. The molecule has 0 bridgehead atoms. The van der Waals surface area contributed by atoms with Crippen LogP contribution in [0, 0.1) is 0 Å². The second kappa shape index (κ2) is 9.37. The summed E-state index contributed by atoms with van der Waals surface area (Å²) in [5.74, 6) is 0.876. The Morgan fingerprint density at radius 3 is 2.89 bits per heavy atom. The minimum absolute atomic E-state index is 0.186. The average molecular weight is 403 g/mol. The molecule has 2 unspecified atom stereocenters. The molecule has 3 N–H and O–H groups in total. The van der Waals surface area contributed by atoms with E-state index in [9.17, 15) is 0 Å². The van der Waals surface area contributed by atoms with Gasteiger partial charge in [0, 0.05) is 36.3 Å². The van der Waals surface area contributed by atoms with Crippen LogP contribution in [0.25, 0.3) is 16.8 Å². The van der Waals surface area contributed by atoms with E-state index in [2.05, 4.69) is 25.0 Å². The standard InChI is InChI=1S/C16H17ClN4.C5H10O2/c1-3-10(2)14-9-21-6-4-5-11(16(21)20-14)12-7-15(18)19-8-13(12)17;6-5-2-1-3-7-4-5/h4-10H,3H2,1-2H3,(H2,18,19);5-6H,1-4H2. The molecule has 0 spiro atoms. The van der Waals surface area contributed by atoms with E-state index in [0.29, 0.717) is 23.4 Å². The highest BCUT2D eigenvalue weighted by Gasteiger charge is 2.14. The maximum absolute atomic E-state index is 8.78. The number of rotatable bonds is 3. The van der Waals surface area contributed by atoms with Gasteiger partial charge < -0.3 is 20.0 Å². The molecule has 6 nitrogen and oxygen atoms in total. The van der Waals surface area contributed by atoms with Crippen LogP contribution in [0.3, 0.4) is 0 Å². The number of nitrogens with zero attached hydrogens (tertiary/aromatic N) is 3. The lowest BCUT2D eigenvalue weighted by atomic mass is 10.1. The zero-order valence-corrected chi connectivity index (χ0v) is 17.1. The molecule has 7 heteroatoms. The van der Waals surface area contributed by atoms with Gasteiger partial charge in [0.25, 0.3) is 0 Å². The van der Waals surface area contributed by atoms with Gasteiger partial charge in [0.1, 0.15) is 11.5 Å². The Morgan fingerprint density at radius 2 is 2.25 bits per heavy atom. The highest BCUT2D eigenvalue weighted by molar-refractivity contribution is 6.33. The molecule has 1 fully saturated rings.